The van der Waals surface area contributed by atoms with Crippen LogP contribution in [-0.2, 0) is 16.8 Å². The van der Waals surface area contributed by atoms with Gasteiger partial charge < -0.3 is 20.1 Å². The summed E-state index contributed by atoms with van der Waals surface area (Å²) in [6, 6.07) is 13.8. The van der Waals surface area contributed by atoms with E-state index in [1.54, 1.807) is 36.5 Å². The quantitative estimate of drug-likeness (QED) is 0.114. The summed E-state index contributed by atoms with van der Waals surface area (Å²) < 4.78 is 20.4. The zero-order chi connectivity index (χ0) is 31.4. The van der Waals surface area contributed by atoms with Crippen molar-refractivity contribution in [2.45, 2.75) is 39.7 Å². The van der Waals surface area contributed by atoms with Gasteiger partial charge in [0.25, 0.3) is 0 Å². The maximum absolute atomic E-state index is 15.3. The molecule has 2 amide bonds. The molecule has 0 aliphatic carbocycles. The molecule has 3 heterocycles. The second-order valence-electron chi connectivity index (χ2n) is 11.0. The maximum atomic E-state index is 15.3. The zero-order valence-electron chi connectivity index (χ0n) is 24.6. The summed E-state index contributed by atoms with van der Waals surface area (Å²) in [5.41, 5.74) is 3.47. The topological polar surface area (TPSA) is 139 Å². The average molecular weight is 661 g/mol. The van der Waals surface area contributed by atoms with E-state index < -0.39 is 11.7 Å². The van der Waals surface area contributed by atoms with E-state index in [9.17, 15) is 9.59 Å². The van der Waals surface area contributed by atoms with Crippen molar-refractivity contribution in [1.29, 1.82) is 0 Å². The predicted molar refractivity (Wildman–Crippen MR) is 170 cm³/mol. The number of nitrogens with one attached hydrogen (secondary N) is 3. The molecule has 0 radical (unpaired) electrons. The molecule has 0 spiro atoms. The molecule has 12 heteroatoms. The number of imidazole rings is 1. The summed E-state index contributed by atoms with van der Waals surface area (Å²) in [6.07, 6.45) is 4.76. The molecule has 0 aliphatic heterocycles. The van der Waals surface area contributed by atoms with Gasteiger partial charge in [-0.1, -0.05) is 79.1 Å². The number of carbonyl (C=O) groups excluding carboxylic acids is 2. The first-order chi connectivity index (χ1) is 21.1. The van der Waals surface area contributed by atoms with E-state index >= 15 is 4.39 Å². The van der Waals surface area contributed by atoms with Crippen LogP contribution in [-0.4, -0.2) is 42.2 Å². The number of rotatable bonds is 10. The standard InChI is InChI=1S/C32H31BrFN7O3/c1-18(2)32(3,4)31-40-30(44-41-31)29(43)36-17-20-12-11-19(16-23(20)34)21-13-15-35-28-26(21)38-27(39-28)22-8-5-6-9-24(22)37-25(42)10-7-14-33/h5-13,15-16,18H,14,17H2,1-4H3,(H,36,43)(H,37,42)(H,35,38,39)/b10-7+. The molecule has 0 fully saturated rings. The molecule has 0 atom stereocenters. The van der Waals surface area contributed by atoms with E-state index in [4.69, 9.17) is 9.51 Å². The molecule has 0 bridgehead atoms. The molecular formula is C32H31BrFN7O3. The number of hydrogen-bond acceptors (Lipinski definition) is 7. The van der Waals surface area contributed by atoms with Gasteiger partial charge in [0, 0.05) is 46.3 Å². The Morgan fingerprint density at radius 1 is 1.11 bits per heavy atom. The molecular weight excluding hydrogens is 629 g/mol. The Morgan fingerprint density at radius 3 is 2.66 bits per heavy atom. The molecule has 5 rings (SSSR count). The minimum Gasteiger partial charge on any atom is -0.344 e. The van der Waals surface area contributed by atoms with Crippen LogP contribution in [0.1, 0.15) is 49.8 Å². The van der Waals surface area contributed by atoms with Crippen molar-refractivity contribution in [2.75, 3.05) is 10.6 Å². The Morgan fingerprint density at radius 2 is 1.91 bits per heavy atom. The Bertz CT molecular complexity index is 1860. The van der Waals surface area contributed by atoms with E-state index in [0.717, 1.165) is 0 Å². The van der Waals surface area contributed by atoms with E-state index in [1.165, 1.54) is 12.1 Å². The number of anilines is 1. The van der Waals surface area contributed by atoms with Gasteiger partial charge in [-0.2, -0.15) is 4.98 Å². The van der Waals surface area contributed by atoms with Crippen LogP contribution in [0.5, 0.6) is 0 Å². The van der Waals surface area contributed by atoms with Gasteiger partial charge >= 0.3 is 11.8 Å². The van der Waals surface area contributed by atoms with Crippen molar-refractivity contribution >= 4 is 44.6 Å². The molecule has 5 aromatic rings. The van der Waals surface area contributed by atoms with Crippen LogP contribution < -0.4 is 10.6 Å². The largest absolute Gasteiger partial charge is 0.344 e. The normalized spacial score (nSPS) is 11.9. The highest BCUT2D eigenvalue weighted by atomic mass is 79.9. The van der Waals surface area contributed by atoms with Crippen molar-refractivity contribution in [3.63, 3.8) is 0 Å². The van der Waals surface area contributed by atoms with Crippen LogP contribution in [0, 0.1) is 11.7 Å². The lowest BCUT2D eigenvalue weighted by Crippen LogP contribution is -2.27. The number of hydrogen-bond donors (Lipinski definition) is 3. The smallest absolute Gasteiger partial charge is 0.315 e. The number of benzene rings is 2. The number of fused-ring (bicyclic) bond motifs is 1. The minimum atomic E-state index is -0.581. The number of alkyl halides is 1. The van der Waals surface area contributed by atoms with Crippen molar-refractivity contribution in [3.8, 4) is 22.5 Å². The van der Waals surface area contributed by atoms with E-state index in [-0.39, 0.29) is 35.2 Å². The van der Waals surface area contributed by atoms with Gasteiger partial charge in [-0.05, 0) is 35.7 Å². The molecule has 0 unspecified atom stereocenters. The molecule has 3 aromatic heterocycles. The van der Waals surface area contributed by atoms with Crippen molar-refractivity contribution in [3.05, 3.63) is 90.0 Å². The van der Waals surface area contributed by atoms with Gasteiger partial charge in [0.2, 0.25) is 5.91 Å². The van der Waals surface area contributed by atoms with Crippen molar-refractivity contribution < 1.29 is 18.5 Å². The van der Waals surface area contributed by atoms with Crippen LogP contribution in [0.4, 0.5) is 10.1 Å². The molecule has 226 valence electrons. The lowest BCUT2D eigenvalue weighted by Gasteiger charge is -2.24. The monoisotopic (exact) mass is 659 g/mol. The van der Waals surface area contributed by atoms with Crippen LogP contribution in [0.3, 0.4) is 0 Å². The second-order valence-corrected chi connectivity index (χ2v) is 11.7. The van der Waals surface area contributed by atoms with E-state index in [1.807, 2.05) is 45.9 Å². The molecule has 3 N–H and O–H groups in total. The Hall–Kier alpha value is -4.71. The molecule has 10 nitrogen and oxygen atoms in total. The molecule has 0 saturated heterocycles. The number of aromatic nitrogens is 5. The van der Waals surface area contributed by atoms with Gasteiger partial charge in [-0.3, -0.25) is 9.59 Å². The summed E-state index contributed by atoms with van der Waals surface area (Å²) in [6.45, 7) is 7.97. The van der Waals surface area contributed by atoms with Crippen molar-refractivity contribution in [1.82, 2.24) is 30.4 Å². The number of para-hydroxylation sites is 1. The molecule has 0 saturated carbocycles. The fourth-order valence-corrected chi connectivity index (χ4v) is 4.53. The van der Waals surface area contributed by atoms with E-state index in [0.29, 0.717) is 50.5 Å². The minimum absolute atomic E-state index is 0.0676. The van der Waals surface area contributed by atoms with Crippen LogP contribution in [0.15, 0.2) is 71.4 Å². The van der Waals surface area contributed by atoms with Crippen LogP contribution in [0.25, 0.3) is 33.7 Å². The SMILES string of the molecule is CC(C)C(C)(C)c1noc(C(=O)NCc2ccc(-c3ccnc4[nH]c(-c5ccccc5NC(=O)/C=C/CBr)nc34)cc2F)n1. The van der Waals surface area contributed by atoms with Gasteiger partial charge in [0.05, 0.1) is 5.69 Å². The number of H-pyrrole nitrogens is 1. The molecule has 0 aliphatic rings. The predicted octanol–water partition coefficient (Wildman–Crippen LogP) is 6.57. The first-order valence-electron chi connectivity index (χ1n) is 14.0. The Kier molecular flexibility index (Phi) is 9.00. The first-order valence-corrected chi connectivity index (χ1v) is 15.1. The lowest BCUT2D eigenvalue weighted by atomic mass is 9.80. The highest BCUT2D eigenvalue weighted by Crippen LogP contribution is 2.32. The Balaban J connectivity index is 1.35. The fourth-order valence-electron chi connectivity index (χ4n) is 4.34. The maximum Gasteiger partial charge on any atom is 0.315 e. The molecule has 2 aromatic carbocycles. The number of allylic oxidation sites excluding steroid dienone is 1. The highest BCUT2D eigenvalue weighted by Gasteiger charge is 2.31. The van der Waals surface area contributed by atoms with Crippen LogP contribution in [0.2, 0.25) is 0 Å². The average Bonchev–Trinajstić information content (AvgIpc) is 3.68. The summed E-state index contributed by atoms with van der Waals surface area (Å²) in [4.78, 5) is 41.6. The number of carbonyl (C=O) groups is 2. The number of pyridine rings is 1. The Labute approximate surface area is 261 Å². The van der Waals surface area contributed by atoms with Gasteiger partial charge in [0.15, 0.2) is 11.5 Å². The summed E-state index contributed by atoms with van der Waals surface area (Å²) in [5, 5.41) is 10.1. The number of halogens is 2. The zero-order valence-corrected chi connectivity index (χ0v) is 26.2. The lowest BCUT2D eigenvalue weighted by molar-refractivity contribution is -0.111. The molecule has 44 heavy (non-hydrogen) atoms. The van der Waals surface area contributed by atoms with Crippen molar-refractivity contribution in [2.24, 2.45) is 5.92 Å². The van der Waals surface area contributed by atoms with Gasteiger partial charge in [-0.15, -0.1) is 0 Å². The number of amides is 2. The fraction of sp³-hybridized carbons (Fsp3) is 0.250. The third-order valence-corrected chi connectivity index (χ3v) is 8.00. The third kappa shape index (κ3) is 6.45. The summed E-state index contributed by atoms with van der Waals surface area (Å²) in [7, 11) is 0. The number of aromatic amines is 1. The van der Waals surface area contributed by atoms with Crippen LogP contribution >= 0.6 is 15.9 Å². The van der Waals surface area contributed by atoms with E-state index in [2.05, 4.69) is 46.7 Å². The highest BCUT2D eigenvalue weighted by molar-refractivity contribution is 9.09. The van der Waals surface area contributed by atoms with Gasteiger partial charge in [-0.25, -0.2) is 14.4 Å². The first kappa shape index (κ1) is 30.7. The van der Waals surface area contributed by atoms with Gasteiger partial charge in [0.1, 0.15) is 17.2 Å². The summed E-state index contributed by atoms with van der Waals surface area (Å²) >= 11 is 3.26. The third-order valence-electron chi connectivity index (χ3n) is 7.63. The summed E-state index contributed by atoms with van der Waals surface area (Å²) in [5.74, 6) is -0.350. The number of nitrogens with zero attached hydrogens (tertiary/aromatic N) is 4. The second kappa shape index (κ2) is 12.9.